The fourth-order valence-corrected chi connectivity index (χ4v) is 6.14. The first kappa shape index (κ1) is 28.7. The second-order valence-electron chi connectivity index (χ2n) is 10.5. The fourth-order valence-electron chi connectivity index (χ4n) is 5.23. The van der Waals surface area contributed by atoms with Crippen molar-refractivity contribution < 1.29 is 31.5 Å². The van der Waals surface area contributed by atoms with Crippen LogP contribution in [0.3, 0.4) is 0 Å². The van der Waals surface area contributed by atoms with Crippen LogP contribution in [-0.2, 0) is 19.5 Å². The molecule has 2 aromatic rings. The Morgan fingerprint density at radius 3 is 2.53 bits per heavy atom. The van der Waals surface area contributed by atoms with Crippen LogP contribution in [0.1, 0.15) is 66.5 Å². The molecule has 0 saturated heterocycles. The number of fused-ring (bicyclic) bond motifs is 1. The maximum absolute atomic E-state index is 13.1. The summed E-state index contributed by atoms with van der Waals surface area (Å²) >= 11 is 1.34. The number of aromatic nitrogens is 2. The molecule has 0 bridgehead atoms. The van der Waals surface area contributed by atoms with Gasteiger partial charge in [-0.2, -0.15) is 13.2 Å². The number of halogens is 5. The van der Waals surface area contributed by atoms with Crippen LogP contribution in [0, 0.1) is 11.8 Å². The average molecular weight is 562 g/mol. The molecule has 1 fully saturated rings. The predicted octanol–water partition coefficient (Wildman–Crippen LogP) is 5.73. The lowest BCUT2D eigenvalue weighted by molar-refractivity contribution is -0.141. The monoisotopic (exact) mass is 561 g/mol. The summed E-state index contributed by atoms with van der Waals surface area (Å²) < 4.78 is 70.5. The lowest BCUT2D eigenvalue weighted by atomic mass is 9.78. The number of nitrogens with zero attached hydrogens (tertiary/aromatic N) is 3. The normalized spacial score (nSPS) is 20.8. The van der Waals surface area contributed by atoms with E-state index in [-0.39, 0.29) is 23.2 Å². The molecular formula is C26H32F5N3O3S. The molecule has 0 unspecified atom stereocenters. The maximum atomic E-state index is 13.1. The number of rotatable bonds is 10. The third-order valence-electron chi connectivity index (χ3n) is 7.20. The van der Waals surface area contributed by atoms with Crippen molar-refractivity contribution in [1.29, 1.82) is 0 Å². The van der Waals surface area contributed by atoms with Crippen molar-refractivity contribution in [1.82, 2.24) is 14.5 Å². The van der Waals surface area contributed by atoms with E-state index in [4.69, 9.17) is 4.74 Å². The van der Waals surface area contributed by atoms with Gasteiger partial charge in [0.2, 0.25) is 0 Å². The number of hydrogen-bond acceptors (Lipinski definition) is 6. The molecule has 0 N–H and O–H groups in total. The number of hydrogen-bond donors (Lipinski definition) is 0. The largest absolute Gasteiger partial charge is 0.464 e. The predicted molar refractivity (Wildman–Crippen MR) is 133 cm³/mol. The van der Waals surface area contributed by atoms with Gasteiger partial charge in [0.15, 0.2) is 12.4 Å². The van der Waals surface area contributed by atoms with E-state index >= 15 is 0 Å². The van der Waals surface area contributed by atoms with Crippen LogP contribution in [-0.4, -0.2) is 52.0 Å². The Morgan fingerprint density at radius 2 is 1.84 bits per heavy atom. The third-order valence-corrected chi connectivity index (χ3v) is 8.27. The van der Waals surface area contributed by atoms with E-state index < -0.39 is 36.6 Å². The molecule has 2 aromatic heterocycles. The highest BCUT2D eigenvalue weighted by atomic mass is 32.1. The summed E-state index contributed by atoms with van der Waals surface area (Å²) in [5.41, 5.74) is -0.117. The van der Waals surface area contributed by atoms with Crippen molar-refractivity contribution in [3.63, 3.8) is 0 Å². The van der Waals surface area contributed by atoms with E-state index in [1.807, 2.05) is 0 Å². The van der Waals surface area contributed by atoms with Gasteiger partial charge in [-0.3, -0.25) is 19.1 Å². The Labute approximate surface area is 221 Å². The van der Waals surface area contributed by atoms with Gasteiger partial charge < -0.3 is 4.74 Å². The standard InChI is InChI=1S/C26H32F5N3O3S/c1-25(27,28)16-37-24-32-19-14-33(12-10-22(19)38-24)11-9-17-5-7-18(8-6-17)13-21(35)20-3-2-4-23(36)34(20)15-26(29,30)31/h2-4,17-18H,5-16H2,1H3. The summed E-state index contributed by atoms with van der Waals surface area (Å²) in [6, 6.07) is 3.65. The molecule has 6 nitrogen and oxygen atoms in total. The summed E-state index contributed by atoms with van der Waals surface area (Å²) in [5, 5.41) is 0.289. The number of alkyl halides is 5. The smallest absolute Gasteiger partial charge is 0.406 e. The van der Waals surface area contributed by atoms with E-state index in [0.29, 0.717) is 17.0 Å². The molecule has 4 rings (SSSR count). The Hall–Kier alpha value is -2.34. The van der Waals surface area contributed by atoms with E-state index in [1.54, 1.807) is 0 Å². The summed E-state index contributed by atoms with van der Waals surface area (Å²) in [5.74, 6) is -2.73. The number of ether oxygens (including phenoxy) is 1. The lowest BCUT2D eigenvalue weighted by Gasteiger charge is -2.31. The lowest BCUT2D eigenvalue weighted by Crippen LogP contribution is -2.33. The average Bonchev–Trinajstić information content (AvgIpc) is 3.25. The minimum atomic E-state index is -4.59. The molecule has 0 radical (unpaired) electrons. The molecule has 38 heavy (non-hydrogen) atoms. The molecule has 1 aliphatic heterocycles. The molecule has 1 aliphatic carbocycles. The highest BCUT2D eigenvalue weighted by Gasteiger charge is 2.32. The molecule has 0 atom stereocenters. The second kappa shape index (κ2) is 11.8. The zero-order chi connectivity index (χ0) is 27.5. The van der Waals surface area contributed by atoms with Crippen LogP contribution < -0.4 is 10.3 Å². The zero-order valence-corrected chi connectivity index (χ0v) is 22.1. The summed E-state index contributed by atoms with van der Waals surface area (Å²) in [4.78, 5) is 32.5. The van der Waals surface area contributed by atoms with E-state index in [1.165, 1.54) is 23.5 Å². The zero-order valence-electron chi connectivity index (χ0n) is 21.2. The van der Waals surface area contributed by atoms with Gasteiger partial charge >= 0.3 is 6.18 Å². The Balaban J connectivity index is 1.22. The molecule has 3 heterocycles. The first-order valence-corrected chi connectivity index (χ1v) is 13.7. The Bertz CT molecular complexity index is 1170. The van der Waals surface area contributed by atoms with Crippen molar-refractivity contribution in [3.8, 4) is 5.19 Å². The molecule has 2 aliphatic rings. The van der Waals surface area contributed by atoms with Gasteiger partial charge in [0.1, 0.15) is 6.54 Å². The van der Waals surface area contributed by atoms with Crippen molar-refractivity contribution >= 4 is 17.1 Å². The highest BCUT2D eigenvalue weighted by molar-refractivity contribution is 7.13. The van der Waals surface area contributed by atoms with E-state index in [9.17, 15) is 31.5 Å². The molecule has 0 aromatic carbocycles. The Kier molecular flexibility index (Phi) is 8.91. The Morgan fingerprint density at radius 1 is 1.13 bits per heavy atom. The minimum Gasteiger partial charge on any atom is -0.464 e. The third kappa shape index (κ3) is 8.08. The molecule has 12 heteroatoms. The molecule has 0 amide bonds. The van der Waals surface area contributed by atoms with Gasteiger partial charge in [0.05, 0.1) is 11.4 Å². The molecule has 1 saturated carbocycles. The van der Waals surface area contributed by atoms with E-state index in [0.717, 1.165) is 75.2 Å². The van der Waals surface area contributed by atoms with Crippen LogP contribution in [0.15, 0.2) is 23.0 Å². The van der Waals surface area contributed by atoms with Gasteiger partial charge in [-0.1, -0.05) is 30.2 Å². The van der Waals surface area contributed by atoms with E-state index in [2.05, 4.69) is 9.88 Å². The SMILES string of the molecule is CC(F)(F)COc1nc2c(s1)CCN(CCC1CCC(CC(=O)c3cccc(=O)n3CC(F)(F)F)CC1)C2. The quantitative estimate of drug-likeness (QED) is 0.274. The maximum Gasteiger partial charge on any atom is 0.406 e. The second-order valence-corrected chi connectivity index (χ2v) is 11.5. The first-order chi connectivity index (χ1) is 17.9. The van der Waals surface area contributed by atoms with Crippen LogP contribution in [0.2, 0.25) is 0 Å². The first-order valence-electron chi connectivity index (χ1n) is 12.9. The number of carbonyl (C=O) groups is 1. The van der Waals surface area contributed by atoms with Crippen molar-refractivity contribution in [3.05, 3.63) is 44.8 Å². The summed E-state index contributed by atoms with van der Waals surface area (Å²) in [6.45, 7) is 1.09. The molecule has 210 valence electrons. The van der Waals surface area contributed by atoms with Crippen molar-refractivity contribution in [2.24, 2.45) is 11.8 Å². The van der Waals surface area contributed by atoms with Gasteiger partial charge in [-0.15, -0.1) is 0 Å². The summed E-state index contributed by atoms with van der Waals surface area (Å²) in [7, 11) is 0. The van der Waals surface area contributed by atoms with Gasteiger partial charge in [-0.25, -0.2) is 13.8 Å². The van der Waals surface area contributed by atoms with Gasteiger partial charge in [0.25, 0.3) is 16.7 Å². The van der Waals surface area contributed by atoms with Crippen molar-refractivity contribution in [2.75, 3.05) is 19.7 Å². The fraction of sp³-hybridized carbons (Fsp3) is 0.654. The van der Waals surface area contributed by atoms with Crippen LogP contribution in [0.25, 0.3) is 0 Å². The van der Waals surface area contributed by atoms with Crippen LogP contribution in [0.5, 0.6) is 5.19 Å². The minimum absolute atomic E-state index is 0.0925. The number of Topliss-reactive ketones (excluding diaryl/α,β-unsaturated/α-hetero) is 1. The van der Waals surface area contributed by atoms with Gasteiger partial charge in [0, 0.05) is 37.4 Å². The number of ketones is 1. The van der Waals surface area contributed by atoms with Crippen LogP contribution >= 0.6 is 11.3 Å². The highest BCUT2D eigenvalue weighted by Crippen LogP contribution is 2.35. The topological polar surface area (TPSA) is 64.4 Å². The van der Waals surface area contributed by atoms with Crippen LogP contribution in [0.4, 0.5) is 22.0 Å². The number of thiazole rings is 1. The molecular weight excluding hydrogens is 529 g/mol. The summed E-state index contributed by atoms with van der Waals surface area (Å²) in [6.07, 6.45) is 0.902. The van der Waals surface area contributed by atoms with Gasteiger partial charge in [-0.05, 0) is 50.1 Å². The molecule has 0 spiro atoms. The van der Waals surface area contributed by atoms with Crippen molar-refractivity contribution in [2.45, 2.75) is 77.1 Å². The number of carbonyl (C=O) groups excluding carboxylic acids is 1. The number of pyridine rings is 1.